The van der Waals surface area contributed by atoms with Gasteiger partial charge in [0.25, 0.3) is 0 Å². The van der Waals surface area contributed by atoms with E-state index in [2.05, 4.69) is 11.7 Å². The van der Waals surface area contributed by atoms with Gasteiger partial charge in [-0.15, -0.1) is 0 Å². The number of unbranched alkanes of at least 4 members (excludes halogenated alkanes) is 1. The lowest BCUT2D eigenvalue weighted by Crippen LogP contribution is -2.19. The van der Waals surface area contributed by atoms with E-state index in [1.807, 2.05) is 0 Å². The van der Waals surface area contributed by atoms with Gasteiger partial charge in [-0.05, 0) is 33.1 Å². The molecule has 19 heavy (non-hydrogen) atoms. The van der Waals surface area contributed by atoms with Gasteiger partial charge in [0.1, 0.15) is 0 Å². The summed E-state index contributed by atoms with van der Waals surface area (Å²) in [5.74, 6) is -0.238. The predicted molar refractivity (Wildman–Crippen MR) is 71.9 cm³/mol. The van der Waals surface area contributed by atoms with Crippen molar-refractivity contribution in [2.75, 3.05) is 19.8 Å². The molecule has 0 saturated heterocycles. The van der Waals surface area contributed by atoms with Crippen LogP contribution >= 0.6 is 0 Å². The van der Waals surface area contributed by atoms with Crippen LogP contribution in [0.15, 0.2) is 0 Å². The lowest BCUT2D eigenvalue weighted by atomic mass is 9.97. The molecule has 0 aliphatic carbocycles. The Morgan fingerprint density at radius 3 is 2.11 bits per heavy atom. The number of carbonyl (C=O) groups excluding carboxylic acids is 2. The molecule has 0 N–H and O–H groups in total. The molecule has 0 fully saturated rings. The van der Waals surface area contributed by atoms with Crippen LogP contribution in [0.25, 0.3) is 0 Å². The zero-order valence-electron chi connectivity index (χ0n) is 12.3. The first kappa shape index (κ1) is 17.7. The van der Waals surface area contributed by atoms with E-state index in [1.54, 1.807) is 13.8 Å². The average molecular weight is 274 g/mol. The van der Waals surface area contributed by atoms with Crippen LogP contribution in [-0.4, -0.2) is 31.9 Å². The van der Waals surface area contributed by atoms with E-state index >= 15 is 0 Å². The molecule has 0 amide bonds. The van der Waals surface area contributed by atoms with Crippen LogP contribution in [0.4, 0.5) is 4.79 Å². The van der Waals surface area contributed by atoms with Gasteiger partial charge in [0.05, 0.1) is 25.7 Å². The van der Waals surface area contributed by atoms with Gasteiger partial charge in [-0.1, -0.05) is 19.8 Å². The first-order chi connectivity index (χ1) is 9.15. The highest BCUT2D eigenvalue weighted by Crippen LogP contribution is 2.17. The van der Waals surface area contributed by atoms with Crippen molar-refractivity contribution < 1.29 is 23.8 Å². The fraction of sp³-hybridized carbons (Fsp3) is 0.857. The Morgan fingerprint density at radius 2 is 1.53 bits per heavy atom. The molecule has 0 spiro atoms. The van der Waals surface area contributed by atoms with Crippen LogP contribution in [0, 0.1) is 5.92 Å². The van der Waals surface area contributed by atoms with Gasteiger partial charge in [0.15, 0.2) is 0 Å². The molecular weight excluding hydrogens is 248 g/mol. The highest BCUT2D eigenvalue weighted by atomic mass is 16.7. The minimum atomic E-state index is -0.649. The monoisotopic (exact) mass is 274 g/mol. The number of hydrogen-bond donors (Lipinski definition) is 0. The van der Waals surface area contributed by atoms with E-state index in [4.69, 9.17) is 9.47 Å². The molecule has 1 atom stereocenters. The maximum Gasteiger partial charge on any atom is 0.508 e. The number of rotatable bonds is 10. The molecule has 0 aromatic rings. The third-order valence-electron chi connectivity index (χ3n) is 2.71. The second kappa shape index (κ2) is 11.8. The van der Waals surface area contributed by atoms with Crippen LogP contribution < -0.4 is 0 Å². The molecule has 112 valence electrons. The fourth-order valence-electron chi connectivity index (χ4n) is 1.74. The Hall–Kier alpha value is -1.26. The van der Waals surface area contributed by atoms with Crippen molar-refractivity contribution in [1.82, 2.24) is 0 Å². The number of ether oxygens (including phenoxy) is 3. The van der Waals surface area contributed by atoms with E-state index in [1.165, 1.54) is 0 Å². The summed E-state index contributed by atoms with van der Waals surface area (Å²) in [6, 6.07) is 0. The first-order valence-electron chi connectivity index (χ1n) is 7.11. The van der Waals surface area contributed by atoms with Crippen molar-refractivity contribution in [3.05, 3.63) is 0 Å². The minimum Gasteiger partial charge on any atom is -0.466 e. The molecule has 0 radical (unpaired) electrons. The lowest BCUT2D eigenvalue weighted by Gasteiger charge is -2.15. The first-order valence-corrected chi connectivity index (χ1v) is 7.11. The SMILES string of the molecule is CCCCC(CCCOC(=O)OCC)C(=O)OCC. The third-order valence-corrected chi connectivity index (χ3v) is 2.71. The van der Waals surface area contributed by atoms with E-state index in [0.29, 0.717) is 26.1 Å². The van der Waals surface area contributed by atoms with Crippen molar-refractivity contribution in [2.45, 2.75) is 52.9 Å². The van der Waals surface area contributed by atoms with E-state index in [-0.39, 0.29) is 18.5 Å². The summed E-state index contributed by atoms with van der Waals surface area (Å²) in [5, 5.41) is 0. The lowest BCUT2D eigenvalue weighted by molar-refractivity contribution is -0.148. The van der Waals surface area contributed by atoms with Crippen molar-refractivity contribution >= 4 is 12.1 Å². The number of carbonyl (C=O) groups is 2. The second-order valence-corrected chi connectivity index (χ2v) is 4.26. The van der Waals surface area contributed by atoms with Gasteiger partial charge < -0.3 is 14.2 Å². The van der Waals surface area contributed by atoms with Crippen molar-refractivity contribution in [1.29, 1.82) is 0 Å². The van der Waals surface area contributed by atoms with Crippen LogP contribution in [-0.2, 0) is 19.0 Å². The van der Waals surface area contributed by atoms with Crippen LogP contribution in [0.5, 0.6) is 0 Å². The second-order valence-electron chi connectivity index (χ2n) is 4.26. The maximum atomic E-state index is 11.7. The molecule has 1 unspecified atom stereocenters. The van der Waals surface area contributed by atoms with E-state index in [0.717, 1.165) is 19.3 Å². The molecular formula is C14H26O5. The summed E-state index contributed by atoms with van der Waals surface area (Å²) in [7, 11) is 0. The maximum absolute atomic E-state index is 11.7. The Bertz CT molecular complexity index is 252. The summed E-state index contributed by atoms with van der Waals surface area (Å²) >= 11 is 0. The smallest absolute Gasteiger partial charge is 0.466 e. The highest BCUT2D eigenvalue weighted by Gasteiger charge is 2.18. The Balaban J connectivity index is 3.91. The summed E-state index contributed by atoms with van der Waals surface area (Å²) in [6.07, 6.45) is 3.56. The van der Waals surface area contributed by atoms with Gasteiger partial charge in [0, 0.05) is 0 Å². The molecule has 0 aliphatic rings. The molecule has 0 aromatic carbocycles. The number of hydrogen-bond acceptors (Lipinski definition) is 5. The average Bonchev–Trinajstić information content (AvgIpc) is 2.38. The largest absolute Gasteiger partial charge is 0.508 e. The van der Waals surface area contributed by atoms with Gasteiger partial charge >= 0.3 is 12.1 Å². The molecule has 0 saturated carbocycles. The van der Waals surface area contributed by atoms with Crippen molar-refractivity contribution in [2.24, 2.45) is 5.92 Å². The zero-order chi connectivity index (χ0) is 14.5. The molecule has 0 bridgehead atoms. The molecule has 0 aliphatic heterocycles. The van der Waals surface area contributed by atoms with Crippen molar-refractivity contribution in [3.63, 3.8) is 0 Å². The molecule has 5 heteroatoms. The van der Waals surface area contributed by atoms with Crippen LogP contribution in [0.1, 0.15) is 52.9 Å². The summed E-state index contributed by atoms with van der Waals surface area (Å²) in [6.45, 7) is 6.61. The quantitative estimate of drug-likeness (QED) is 0.452. The highest BCUT2D eigenvalue weighted by molar-refractivity contribution is 5.72. The summed E-state index contributed by atoms with van der Waals surface area (Å²) in [4.78, 5) is 22.7. The Labute approximate surface area is 115 Å². The predicted octanol–water partition coefficient (Wildman–Crippen LogP) is 3.31. The van der Waals surface area contributed by atoms with Crippen LogP contribution in [0.3, 0.4) is 0 Å². The normalized spacial score (nSPS) is 11.7. The molecule has 0 aromatic heterocycles. The molecule has 0 rings (SSSR count). The topological polar surface area (TPSA) is 61.8 Å². The fourth-order valence-corrected chi connectivity index (χ4v) is 1.74. The van der Waals surface area contributed by atoms with E-state index < -0.39 is 6.16 Å². The zero-order valence-corrected chi connectivity index (χ0v) is 12.3. The number of esters is 1. The summed E-state index contributed by atoms with van der Waals surface area (Å²) in [5.41, 5.74) is 0. The minimum absolute atomic E-state index is 0.0919. The van der Waals surface area contributed by atoms with Crippen molar-refractivity contribution in [3.8, 4) is 0 Å². The van der Waals surface area contributed by atoms with Gasteiger partial charge in [0.2, 0.25) is 0 Å². The van der Waals surface area contributed by atoms with Gasteiger partial charge in [-0.3, -0.25) is 4.79 Å². The Morgan fingerprint density at radius 1 is 0.895 bits per heavy atom. The standard InChI is InChI=1S/C14H26O5/c1-4-7-9-12(13(15)17-5-2)10-8-11-19-14(16)18-6-3/h12H,4-11H2,1-3H3. The summed E-state index contributed by atoms with van der Waals surface area (Å²) < 4.78 is 14.6. The van der Waals surface area contributed by atoms with Gasteiger partial charge in [-0.25, -0.2) is 4.79 Å². The molecule has 5 nitrogen and oxygen atoms in total. The van der Waals surface area contributed by atoms with Crippen LogP contribution in [0.2, 0.25) is 0 Å². The third kappa shape index (κ3) is 9.33. The van der Waals surface area contributed by atoms with Gasteiger partial charge in [-0.2, -0.15) is 0 Å². The molecule has 0 heterocycles. The Kier molecular flexibility index (Phi) is 11.0. The van der Waals surface area contributed by atoms with E-state index in [9.17, 15) is 9.59 Å².